The quantitative estimate of drug-likeness (QED) is 0.353. The average molecular weight is 178 g/mol. The van der Waals surface area contributed by atoms with Crippen LogP contribution in [0.25, 0.3) is 0 Å². The van der Waals surface area contributed by atoms with Gasteiger partial charge in [0.05, 0.1) is 12.7 Å². The summed E-state index contributed by atoms with van der Waals surface area (Å²) in [5.74, 6) is -2.87. The van der Waals surface area contributed by atoms with Gasteiger partial charge in [-0.15, -0.1) is 0 Å². The third-order valence-corrected chi connectivity index (χ3v) is 1.26. The molecule has 0 aliphatic carbocycles. The molecule has 2 atom stereocenters. The van der Waals surface area contributed by atoms with E-state index in [2.05, 4.69) is 0 Å². The Labute approximate surface area is 68.1 Å². The molecule has 0 aromatic heterocycles. The highest BCUT2D eigenvalue weighted by Gasteiger charge is 2.22. The standard InChI is InChI=1S/C6H10O6/c7-2-5(10)3(8)1-4(9)6(11)12/h3,5,7-8,10H,1-2H2,(H,11,12)/t3-,5?/m0/s1. The molecular formula is C6H10O6. The van der Waals surface area contributed by atoms with Gasteiger partial charge in [-0.05, 0) is 0 Å². The normalized spacial score (nSPS) is 15.2. The molecule has 0 bridgehead atoms. The average Bonchev–Trinajstić information content (AvgIpc) is 2.02. The molecule has 0 aromatic rings. The number of carboxylic acid groups (broad SMARTS) is 1. The molecule has 4 N–H and O–H groups in total. The van der Waals surface area contributed by atoms with Crippen molar-refractivity contribution >= 4 is 11.8 Å². The highest BCUT2D eigenvalue weighted by Crippen LogP contribution is 1.99. The summed E-state index contributed by atoms with van der Waals surface area (Å²) in [6.45, 7) is -0.714. The van der Waals surface area contributed by atoms with Crippen molar-refractivity contribution < 1.29 is 30.0 Å². The Morgan fingerprint density at radius 3 is 2.00 bits per heavy atom. The monoisotopic (exact) mass is 178 g/mol. The van der Waals surface area contributed by atoms with Crippen LogP contribution in [0.4, 0.5) is 0 Å². The molecule has 6 heteroatoms. The van der Waals surface area contributed by atoms with Crippen LogP contribution < -0.4 is 0 Å². The number of ketones is 1. The first-order valence-corrected chi connectivity index (χ1v) is 3.22. The summed E-state index contributed by atoms with van der Waals surface area (Å²) >= 11 is 0. The fraction of sp³-hybridized carbons (Fsp3) is 0.667. The van der Waals surface area contributed by atoms with Crippen LogP contribution in [0.15, 0.2) is 0 Å². The van der Waals surface area contributed by atoms with Gasteiger partial charge in [0.15, 0.2) is 0 Å². The first-order chi connectivity index (χ1) is 5.49. The molecule has 0 rings (SSSR count). The second-order valence-electron chi connectivity index (χ2n) is 2.25. The minimum atomic E-state index is -1.67. The number of Topliss-reactive ketones (excluding diaryl/α,β-unsaturated/α-hetero) is 1. The number of hydrogen-bond acceptors (Lipinski definition) is 5. The number of aliphatic hydroxyl groups excluding tert-OH is 3. The molecular weight excluding hydrogens is 168 g/mol. The van der Waals surface area contributed by atoms with Crippen molar-refractivity contribution in [3.63, 3.8) is 0 Å². The van der Waals surface area contributed by atoms with Gasteiger partial charge in [0, 0.05) is 6.42 Å². The van der Waals surface area contributed by atoms with E-state index >= 15 is 0 Å². The van der Waals surface area contributed by atoms with Crippen LogP contribution >= 0.6 is 0 Å². The lowest BCUT2D eigenvalue weighted by atomic mass is 10.1. The molecule has 0 heterocycles. The van der Waals surface area contributed by atoms with Crippen LogP contribution in [0.3, 0.4) is 0 Å². The third kappa shape index (κ3) is 3.42. The summed E-state index contributed by atoms with van der Waals surface area (Å²) in [5, 5.41) is 33.9. The zero-order chi connectivity index (χ0) is 9.72. The van der Waals surface area contributed by atoms with Crippen molar-refractivity contribution in [2.75, 3.05) is 6.61 Å². The molecule has 0 spiro atoms. The summed E-state index contributed by atoms with van der Waals surface area (Å²) in [7, 11) is 0. The molecule has 6 nitrogen and oxygen atoms in total. The fourth-order valence-corrected chi connectivity index (χ4v) is 0.535. The number of carboxylic acids is 1. The molecule has 12 heavy (non-hydrogen) atoms. The predicted molar refractivity (Wildman–Crippen MR) is 36.4 cm³/mol. The van der Waals surface area contributed by atoms with Crippen LogP contribution in [0.1, 0.15) is 6.42 Å². The van der Waals surface area contributed by atoms with E-state index in [4.69, 9.17) is 20.4 Å². The van der Waals surface area contributed by atoms with Crippen molar-refractivity contribution in [2.24, 2.45) is 0 Å². The topological polar surface area (TPSA) is 115 Å². The van der Waals surface area contributed by atoms with Crippen molar-refractivity contribution in [3.8, 4) is 0 Å². The number of carbonyl (C=O) groups excluding carboxylic acids is 1. The molecule has 0 amide bonds. The summed E-state index contributed by atoms with van der Waals surface area (Å²) in [5.41, 5.74) is 0. The molecule has 0 saturated carbocycles. The maximum atomic E-state index is 10.4. The molecule has 0 radical (unpaired) electrons. The second-order valence-corrected chi connectivity index (χ2v) is 2.25. The maximum absolute atomic E-state index is 10.4. The summed E-state index contributed by atoms with van der Waals surface area (Å²) in [6, 6.07) is 0. The van der Waals surface area contributed by atoms with E-state index in [1.54, 1.807) is 0 Å². The lowest BCUT2D eigenvalue weighted by Gasteiger charge is -2.12. The highest BCUT2D eigenvalue weighted by molar-refractivity contribution is 6.32. The molecule has 70 valence electrons. The van der Waals surface area contributed by atoms with Gasteiger partial charge >= 0.3 is 5.97 Å². The Balaban J connectivity index is 3.92. The summed E-state index contributed by atoms with van der Waals surface area (Å²) < 4.78 is 0. The van der Waals surface area contributed by atoms with Crippen molar-refractivity contribution in [3.05, 3.63) is 0 Å². The van der Waals surface area contributed by atoms with E-state index in [0.717, 1.165) is 0 Å². The molecule has 0 fully saturated rings. The predicted octanol–water partition coefficient (Wildman–Crippen LogP) is -2.26. The van der Waals surface area contributed by atoms with Crippen molar-refractivity contribution in [1.29, 1.82) is 0 Å². The molecule has 0 aliphatic rings. The minimum Gasteiger partial charge on any atom is -0.475 e. The molecule has 0 aromatic carbocycles. The smallest absolute Gasteiger partial charge is 0.372 e. The zero-order valence-corrected chi connectivity index (χ0v) is 6.17. The number of aliphatic hydroxyl groups is 3. The van der Waals surface area contributed by atoms with Crippen LogP contribution in [0.2, 0.25) is 0 Å². The van der Waals surface area contributed by atoms with Gasteiger partial charge in [0.1, 0.15) is 6.10 Å². The maximum Gasteiger partial charge on any atom is 0.372 e. The van der Waals surface area contributed by atoms with Crippen LogP contribution in [-0.2, 0) is 9.59 Å². The molecule has 0 aliphatic heterocycles. The van der Waals surface area contributed by atoms with Crippen LogP contribution in [0, 0.1) is 0 Å². The van der Waals surface area contributed by atoms with Gasteiger partial charge in [0.25, 0.3) is 0 Å². The Kier molecular flexibility index (Phi) is 4.42. The van der Waals surface area contributed by atoms with Crippen molar-refractivity contribution in [1.82, 2.24) is 0 Å². The van der Waals surface area contributed by atoms with E-state index in [1.807, 2.05) is 0 Å². The zero-order valence-electron chi connectivity index (χ0n) is 6.17. The Bertz CT molecular complexity index is 177. The van der Waals surface area contributed by atoms with E-state index in [9.17, 15) is 9.59 Å². The minimum absolute atomic E-state index is 0.697. The first-order valence-electron chi connectivity index (χ1n) is 3.22. The second kappa shape index (κ2) is 4.81. The number of carbonyl (C=O) groups is 2. The highest BCUT2D eigenvalue weighted by atomic mass is 16.4. The van der Waals surface area contributed by atoms with Crippen LogP contribution in [0.5, 0.6) is 0 Å². The van der Waals surface area contributed by atoms with Gasteiger partial charge in [-0.3, -0.25) is 4.79 Å². The third-order valence-electron chi connectivity index (χ3n) is 1.26. The largest absolute Gasteiger partial charge is 0.475 e. The lowest BCUT2D eigenvalue weighted by Crippen LogP contribution is -2.33. The van der Waals surface area contributed by atoms with Gasteiger partial charge in [-0.25, -0.2) is 4.79 Å². The van der Waals surface area contributed by atoms with Crippen molar-refractivity contribution in [2.45, 2.75) is 18.6 Å². The Morgan fingerprint density at radius 2 is 1.67 bits per heavy atom. The summed E-state index contributed by atoms with van der Waals surface area (Å²) in [6.07, 6.45) is -3.70. The Morgan fingerprint density at radius 1 is 1.17 bits per heavy atom. The van der Waals surface area contributed by atoms with E-state index in [0.29, 0.717) is 0 Å². The summed E-state index contributed by atoms with van der Waals surface area (Å²) in [4.78, 5) is 20.4. The fourth-order valence-electron chi connectivity index (χ4n) is 0.535. The lowest BCUT2D eigenvalue weighted by molar-refractivity contribution is -0.151. The van der Waals surface area contributed by atoms with E-state index in [1.165, 1.54) is 0 Å². The SMILES string of the molecule is O=C(O)C(=O)C[C@H](O)C(O)CO. The molecule has 1 unspecified atom stereocenters. The van der Waals surface area contributed by atoms with Gasteiger partial charge in [-0.1, -0.05) is 0 Å². The first kappa shape index (κ1) is 11.0. The van der Waals surface area contributed by atoms with Crippen LogP contribution in [-0.4, -0.2) is 51.0 Å². The Hall–Kier alpha value is -0.980. The number of aliphatic carboxylic acids is 1. The molecule has 0 saturated heterocycles. The van der Waals surface area contributed by atoms with Gasteiger partial charge in [-0.2, -0.15) is 0 Å². The van der Waals surface area contributed by atoms with E-state index in [-0.39, 0.29) is 0 Å². The van der Waals surface area contributed by atoms with E-state index < -0.39 is 37.0 Å². The number of rotatable bonds is 5. The number of hydrogen-bond donors (Lipinski definition) is 4. The van der Waals surface area contributed by atoms with Gasteiger partial charge in [0.2, 0.25) is 5.78 Å². The van der Waals surface area contributed by atoms with Gasteiger partial charge < -0.3 is 20.4 Å².